The normalized spacial score (nSPS) is 20.8. The summed E-state index contributed by atoms with van der Waals surface area (Å²) < 4.78 is 7.18. The quantitative estimate of drug-likeness (QED) is 0.551. The predicted molar refractivity (Wildman–Crippen MR) is 56.1 cm³/mol. The molecule has 1 atom stereocenters. The van der Waals surface area contributed by atoms with Gasteiger partial charge < -0.3 is 4.74 Å². The number of aliphatic imine (C=N–C) groups is 1. The third-order valence-corrected chi connectivity index (χ3v) is 2.34. The maximum atomic E-state index is 5.30. The average molecular weight is 209 g/mol. The molecule has 1 aromatic heterocycles. The smallest absolute Gasteiger partial charge is 0.161 e. The van der Waals surface area contributed by atoms with E-state index < -0.39 is 0 Å². The fourth-order valence-corrected chi connectivity index (χ4v) is 1.71. The number of rotatable bonds is 2. The first kappa shape index (κ1) is 9.52. The van der Waals surface area contributed by atoms with Crippen molar-refractivity contribution >= 4 is 23.2 Å². The number of aromatic nitrogens is 2. The Morgan fingerprint density at radius 3 is 3.29 bits per heavy atom. The van der Waals surface area contributed by atoms with Gasteiger partial charge in [0.05, 0.1) is 23.5 Å². The molecule has 0 bridgehead atoms. The summed E-state index contributed by atoms with van der Waals surface area (Å²) in [4.78, 5) is 3.98. The van der Waals surface area contributed by atoms with Gasteiger partial charge in [-0.1, -0.05) is 0 Å². The molecule has 0 spiro atoms. The monoisotopic (exact) mass is 209 g/mol. The third kappa shape index (κ3) is 1.75. The molecule has 0 amide bonds. The van der Waals surface area contributed by atoms with Crippen molar-refractivity contribution in [1.82, 2.24) is 9.78 Å². The zero-order valence-corrected chi connectivity index (χ0v) is 8.75. The topological polar surface area (TPSA) is 39.4 Å². The second-order valence-electron chi connectivity index (χ2n) is 3.31. The highest BCUT2D eigenvalue weighted by Gasteiger charge is 2.20. The van der Waals surface area contributed by atoms with E-state index in [1.807, 2.05) is 17.7 Å². The maximum absolute atomic E-state index is 5.30. The lowest BCUT2D eigenvalue weighted by Gasteiger charge is -2.08. The lowest BCUT2D eigenvalue weighted by Crippen LogP contribution is -2.09. The standard InChI is InChI=1S/C9H11N3OS/c1-7-4-9(10-6-14)12(11-7)8-2-3-13-5-8/h4,8H,2-3,5H2,1H3. The summed E-state index contributed by atoms with van der Waals surface area (Å²) in [7, 11) is 0. The van der Waals surface area contributed by atoms with Crippen LogP contribution in [0, 0.1) is 6.92 Å². The van der Waals surface area contributed by atoms with Gasteiger partial charge in [0.2, 0.25) is 0 Å². The minimum absolute atomic E-state index is 0.297. The Morgan fingerprint density at radius 1 is 1.79 bits per heavy atom. The van der Waals surface area contributed by atoms with E-state index in [1.165, 1.54) is 0 Å². The van der Waals surface area contributed by atoms with Crippen LogP contribution in [0.15, 0.2) is 11.1 Å². The van der Waals surface area contributed by atoms with Gasteiger partial charge in [-0.15, -0.1) is 0 Å². The lowest BCUT2D eigenvalue weighted by molar-refractivity contribution is 0.184. The third-order valence-electron chi connectivity index (χ3n) is 2.25. The Balaban J connectivity index is 2.34. The van der Waals surface area contributed by atoms with E-state index in [-0.39, 0.29) is 0 Å². The van der Waals surface area contributed by atoms with Crippen LogP contribution in [0.5, 0.6) is 0 Å². The molecule has 14 heavy (non-hydrogen) atoms. The van der Waals surface area contributed by atoms with Crippen LogP contribution in [-0.2, 0) is 4.74 Å². The lowest BCUT2D eigenvalue weighted by atomic mass is 10.3. The summed E-state index contributed by atoms with van der Waals surface area (Å²) in [6, 6.07) is 2.20. The van der Waals surface area contributed by atoms with Crippen molar-refractivity contribution in [3.63, 3.8) is 0 Å². The van der Waals surface area contributed by atoms with Crippen LogP contribution in [0.2, 0.25) is 0 Å². The molecule has 0 aromatic carbocycles. The predicted octanol–water partition coefficient (Wildman–Crippen LogP) is 1.89. The summed E-state index contributed by atoms with van der Waals surface area (Å²) in [6.07, 6.45) is 0.987. The van der Waals surface area contributed by atoms with Gasteiger partial charge in [0.15, 0.2) is 5.82 Å². The van der Waals surface area contributed by atoms with Gasteiger partial charge in [-0.25, -0.2) is 4.68 Å². The fraction of sp³-hybridized carbons (Fsp3) is 0.556. The van der Waals surface area contributed by atoms with Gasteiger partial charge >= 0.3 is 0 Å². The Labute approximate surface area is 87.6 Å². The molecule has 0 aliphatic carbocycles. The Hall–Kier alpha value is -1.03. The molecule has 2 heterocycles. The number of hydrogen-bond acceptors (Lipinski definition) is 4. The number of ether oxygens (including phenoxy) is 1. The number of aryl methyl sites for hydroxylation is 1. The van der Waals surface area contributed by atoms with Crippen LogP contribution in [0.25, 0.3) is 0 Å². The number of nitrogens with zero attached hydrogens (tertiary/aromatic N) is 3. The van der Waals surface area contributed by atoms with Crippen molar-refractivity contribution in [3.05, 3.63) is 11.8 Å². The summed E-state index contributed by atoms with van der Waals surface area (Å²) in [5, 5.41) is 6.74. The number of thiocarbonyl (C=S) groups is 1. The molecule has 0 N–H and O–H groups in total. The van der Waals surface area contributed by atoms with Crippen molar-refractivity contribution in [2.24, 2.45) is 4.99 Å². The highest BCUT2D eigenvalue weighted by atomic mass is 32.1. The SMILES string of the molecule is Cc1cc(N=C=S)n(C2CCOC2)n1. The highest BCUT2D eigenvalue weighted by Crippen LogP contribution is 2.24. The van der Waals surface area contributed by atoms with E-state index in [9.17, 15) is 0 Å². The van der Waals surface area contributed by atoms with Crippen LogP contribution in [-0.4, -0.2) is 28.2 Å². The molecule has 4 nitrogen and oxygen atoms in total. The highest BCUT2D eigenvalue weighted by molar-refractivity contribution is 7.78. The van der Waals surface area contributed by atoms with Gasteiger partial charge in [-0.05, 0) is 25.6 Å². The zero-order chi connectivity index (χ0) is 9.97. The summed E-state index contributed by atoms with van der Waals surface area (Å²) in [5.41, 5.74) is 0.945. The Morgan fingerprint density at radius 2 is 2.64 bits per heavy atom. The first-order chi connectivity index (χ1) is 6.81. The second kappa shape index (κ2) is 4.00. The molecule has 5 heteroatoms. The van der Waals surface area contributed by atoms with Gasteiger partial charge in [-0.3, -0.25) is 0 Å². The van der Waals surface area contributed by atoms with E-state index in [1.54, 1.807) is 0 Å². The van der Waals surface area contributed by atoms with Crippen molar-refractivity contribution in [1.29, 1.82) is 0 Å². The molecule has 1 fully saturated rings. The van der Waals surface area contributed by atoms with E-state index in [4.69, 9.17) is 4.74 Å². The molecular weight excluding hydrogens is 198 g/mol. The van der Waals surface area contributed by atoms with E-state index in [0.717, 1.165) is 24.5 Å². The van der Waals surface area contributed by atoms with Crippen LogP contribution >= 0.6 is 12.2 Å². The van der Waals surface area contributed by atoms with Crippen LogP contribution in [0.4, 0.5) is 5.82 Å². The summed E-state index contributed by atoms with van der Waals surface area (Å²) in [5.74, 6) is 0.771. The van der Waals surface area contributed by atoms with Crippen LogP contribution < -0.4 is 0 Å². The number of isothiocyanates is 1. The van der Waals surface area contributed by atoms with E-state index in [2.05, 4.69) is 27.5 Å². The molecule has 1 unspecified atom stereocenters. The summed E-state index contributed by atoms with van der Waals surface area (Å²) >= 11 is 4.59. The molecule has 1 saturated heterocycles. The van der Waals surface area contributed by atoms with Crippen molar-refractivity contribution in [2.45, 2.75) is 19.4 Å². The van der Waals surface area contributed by atoms with Crippen molar-refractivity contribution in [2.75, 3.05) is 13.2 Å². The Kier molecular flexibility index (Phi) is 2.72. The minimum atomic E-state index is 0.297. The van der Waals surface area contributed by atoms with E-state index >= 15 is 0 Å². The second-order valence-corrected chi connectivity index (χ2v) is 3.49. The van der Waals surface area contributed by atoms with Gasteiger partial charge in [0, 0.05) is 12.7 Å². The van der Waals surface area contributed by atoms with E-state index in [0.29, 0.717) is 12.6 Å². The zero-order valence-electron chi connectivity index (χ0n) is 7.93. The molecule has 0 saturated carbocycles. The van der Waals surface area contributed by atoms with Gasteiger partial charge in [0.1, 0.15) is 0 Å². The largest absolute Gasteiger partial charge is 0.379 e. The molecule has 1 aliphatic rings. The first-order valence-corrected chi connectivity index (χ1v) is 4.94. The minimum Gasteiger partial charge on any atom is -0.379 e. The van der Waals surface area contributed by atoms with Crippen molar-refractivity contribution in [3.8, 4) is 0 Å². The molecule has 74 valence electrons. The molecule has 2 rings (SSSR count). The van der Waals surface area contributed by atoms with Crippen LogP contribution in [0.3, 0.4) is 0 Å². The molecular formula is C9H11N3OS. The fourth-order valence-electron chi connectivity index (χ4n) is 1.62. The van der Waals surface area contributed by atoms with Crippen molar-refractivity contribution < 1.29 is 4.74 Å². The molecule has 1 aromatic rings. The summed E-state index contributed by atoms with van der Waals surface area (Å²) in [6.45, 7) is 3.44. The van der Waals surface area contributed by atoms with Gasteiger partial charge in [0.25, 0.3) is 0 Å². The average Bonchev–Trinajstić information content (AvgIpc) is 2.74. The molecule has 1 aliphatic heterocycles. The van der Waals surface area contributed by atoms with Crippen LogP contribution in [0.1, 0.15) is 18.2 Å². The number of hydrogen-bond donors (Lipinski definition) is 0. The maximum Gasteiger partial charge on any atom is 0.161 e. The molecule has 0 radical (unpaired) electrons. The van der Waals surface area contributed by atoms with Gasteiger partial charge in [-0.2, -0.15) is 10.1 Å². The Bertz CT molecular complexity index is 375. The first-order valence-electron chi connectivity index (χ1n) is 4.53.